The largest absolute Gasteiger partial charge is 0.396 e. The van der Waals surface area contributed by atoms with Crippen LogP contribution in [0.25, 0.3) is 0 Å². The molecule has 3 nitrogen and oxygen atoms in total. The van der Waals surface area contributed by atoms with Crippen LogP contribution in [0.15, 0.2) is 24.3 Å². The van der Waals surface area contributed by atoms with Gasteiger partial charge in [0.2, 0.25) is 0 Å². The van der Waals surface area contributed by atoms with Crippen LogP contribution in [-0.2, 0) is 6.42 Å². The van der Waals surface area contributed by atoms with Crippen LogP contribution in [0.1, 0.15) is 45.2 Å². The normalized spacial score (nSPS) is 9.78. The molecular weight excluding hydrogens is 228 g/mol. The molecule has 18 heavy (non-hydrogen) atoms. The molecule has 0 bridgehead atoms. The van der Waals surface area contributed by atoms with Crippen LogP contribution in [0.4, 0.5) is 0 Å². The van der Waals surface area contributed by atoms with Gasteiger partial charge in [-0.2, -0.15) is 0 Å². The van der Waals surface area contributed by atoms with E-state index in [4.69, 9.17) is 15.3 Å². The monoisotopic (exact) mass is 256 g/mol. The summed E-state index contributed by atoms with van der Waals surface area (Å²) in [6.45, 7) is 8.99. The summed E-state index contributed by atoms with van der Waals surface area (Å²) in [5, 5.41) is 24.8. The lowest BCUT2D eigenvalue weighted by Crippen LogP contribution is -2.15. The fourth-order valence-electron chi connectivity index (χ4n) is 1.16. The second kappa shape index (κ2) is 11.2. The minimum atomic E-state index is -1.50. The van der Waals surface area contributed by atoms with Crippen LogP contribution < -0.4 is 0 Å². The Morgan fingerprint density at radius 2 is 1.50 bits per heavy atom. The summed E-state index contributed by atoms with van der Waals surface area (Å²) in [5.74, 6) is -1.50. The van der Waals surface area contributed by atoms with E-state index in [9.17, 15) is 0 Å². The van der Waals surface area contributed by atoms with Crippen LogP contribution in [0.3, 0.4) is 0 Å². The van der Waals surface area contributed by atoms with E-state index < -0.39 is 5.79 Å². The highest BCUT2D eigenvalue weighted by molar-refractivity contribution is 5.25. The van der Waals surface area contributed by atoms with Gasteiger partial charge in [0.05, 0.1) is 0 Å². The maximum Gasteiger partial charge on any atom is 0.156 e. The predicted molar refractivity (Wildman–Crippen MR) is 76.5 cm³/mol. The topological polar surface area (TPSA) is 60.7 Å². The molecule has 0 amide bonds. The third-order valence-corrected chi connectivity index (χ3v) is 1.87. The van der Waals surface area contributed by atoms with Crippen molar-refractivity contribution in [3.8, 4) is 0 Å². The van der Waals surface area contributed by atoms with Crippen molar-refractivity contribution in [2.24, 2.45) is 0 Å². The van der Waals surface area contributed by atoms with Gasteiger partial charge in [-0.05, 0) is 44.7 Å². The number of aryl methyl sites for hydroxylation is 2. The maximum atomic E-state index is 8.62. The number of hydrogen-bond acceptors (Lipinski definition) is 3. The van der Waals surface area contributed by atoms with Gasteiger partial charge in [0, 0.05) is 6.61 Å². The highest BCUT2D eigenvalue weighted by Crippen LogP contribution is 2.08. The van der Waals surface area contributed by atoms with Crippen LogP contribution in [0, 0.1) is 6.92 Å². The number of rotatable bonds is 3. The average molecular weight is 256 g/mol. The quantitative estimate of drug-likeness (QED) is 0.729. The number of benzene rings is 1. The van der Waals surface area contributed by atoms with Crippen molar-refractivity contribution in [2.75, 3.05) is 6.61 Å². The molecule has 106 valence electrons. The second-order valence-corrected chi connectivity index (χ2v) is 4.25. The van der Waals surface area contributed by atoms with Gasteiger partial charge in [0.1, 0.15) is 0 Å². The zero-order valence-electron chi connectivity index (χ0n) is 12.3. The molecule has 0 saturated heterocycles. The standard InChI is InChI=1S/C10H14O.C3H8O2.C2H6/c1-9-5-2-3-6-10(9)7-4-8-11;1-3(2,4)5;1-2/h2-3,5-6,11H,4,7-8H2,1H3;4-5H,1-2H3;1-2H3. The Morgan fingerprint density at radius 3 is 1.89 bits per heavy atom. The lowest BCUT2D eigenvalue weighted by Gasteiger charge is -2.03. The molecule has 1 aromatic rings. The summed E-state index contributed by atoms with van der Waals surface area (Å²) in [7, 11) is 0. The van der Waals surface area contributed by atoms with Crippen LogP contribution in [0.2, 0.25) is 0 Å². The SMILES string of the molecule is CC.CC(C)(O)O.Cc1ccccc1CCCO. The molecule has 3 N–H and O–H groups in total. The average Bonchev–Trinajstić information content (AvgIpc) is 2.29. The zero-order valence-corrected chi connectivity index (χ0v) is 12.3. The highest BCUT2D eigenvalue weighted by Gasteiger charge is 2.00. The van der Waals surface area contributed by atoms with Crippen molar-refractivity contribution in [2.45, 2.75) is 53.2 Å². The van der Waals surface area contributed by atoms with Crippen molar-refractivity contribution >= 4 is 0 Å². The minimum Gasteiger partial charge on any atom is -0.396 e. The van der Waals surface area contributed by atoms with Gasteiger partial charge in [-0.1, -0.05) is 38.1 Å². The van der Waals surface area contributed by atoms with Crippen molar-refractivity contribution in [1.29, 1.82) is 0 Å². The van der Waals surface area contributed by atoms with Gasteiger partial charge in [-0.25, -0.2) is 0 Å². The summed E-state index contributed by atoms with van der Waals surface area (Å²) < 4.78 is 0. The lowest BCUT2D eigenvalue weighted by atomic mass is 10.0. The summed E-state index contributed by atoms with van der Waals surface area (Å²) in [5.41, 5.74) is 2.67. The van der Waals surface area contributed by atoms with Crippen molar-refractivity contribution in [1.82, 2.24) is 0 Å². The molecule has 0 aliphatic carbocycles. The molecule has 0 aromatic heterocycles. The third kappa shape index (κ3) is 15.1. The number of hydrogen-bond donors (Lipinski definition) is 3. The van der Waals surface area contributed by atoms with Gasteiger partial charge in [-0.15, -0.1) is 0 Å². The molecule has 1 aromatic carbocycles. The summed E-state index contributed by atoms with van der Waals surface area (Å²) >= 11 is 0. The Hall–Kier alpha value is -0.900. The van der Waals surface area contributed by atoms with Crippen LogP contribution >= 0.6 is 0 Å². The Bertz CT molecular complexity index is 284. The van der Waals surface area contributed by atoms with E-state index >= 15 is 0 Å². The molecule has 0 radical (unpaired) electrons. The van der Waals surface area contributed by atoms with Gasteiger partial charge in [0.15, 0.2) is 5.79 Å². The Morgan fingerprint density at radius 1 is 1.06 bits per heavy atom. The summed E-state index contributed by atoms with van der Waals surface area (Å²) in [6, 6.07) is 8.30. The third-order valence-electron chi connectivity index (χ3n) is 1.87. The smallest absolute Gasteiger partial charge is 0.156 e. The van der Waals surface area contributed by atoms with E-state index in [0.717, 1.165) is 12.8 Å². The first-order chi connectivity index (χ1) is 8.34. The summed E-state index contributed by atoms with van der Waals surface area (Å²) in [6.07, 6.45) is 1.86. The molecular formula is C15H28O3. The van der Waals surface area contributed by atoms with E-state index in [1.165, 1.54) is 25.0 Å². The van der Waals surface area contributed by atoms with Crippen LogP contribution in [0.5, 0.6) is 0 Å². The zero-order chi connectivity index (χ0) is 14.6. The molecule has 0 aliphatic rings. The second-order valence-electron chi connectivity index (χ2n) is 4.25. The molecule has 0 atom stereocenters. The van der Waals surface area contributed by atoms with Gasteiger partial charge >= 0.3 is 0 Å². The summed E-state index contributed by atoms with van der Waals surface area (Å²) in [4.78, 5) is 0. The van der Waals surface area contributed by atoms with Gasteiger partial charge < -0.3 is 15.3 Å². The van der Waals surface area contributed by atoms with E-state index in [2.05, 4.69) is 19.1 Å². The number of aliphatic hydroxyl groups is 3. The first kappa shape index (κ1) is 19.4. The van der Waals surface area contributed by atoms with Gasteiger partial charge in [-0.3, -0.25) is 0 Å². The molecule has 0 aliphatic heterocycles. The Kier molecular flexibility index (Phi) is 12.1. The molecule has 1 rings (SSSR count). The van der Waals surface area contributed by atoms with Gasteiger partial charge in [0.25, 0.3) is 0 Å². The van der Waals surface area contributed by atoms with Crippen molar-refractivity contribution in [3.05, 3.63) is 35.4 Å². The first-order valence-electron chi connectivity index (χ1n) is 6.44. The molecule has 0 heterocycles. The highest BCUT2D eigenvalue weighted by atomic mass is 16.5. The van der Waals surface area contributed by atoms with E-state index in [0.29, 0.717) is 0 Å². The van der Waals surface area contributed by atoms with Crippen molar-refractivity contribution < 1.29 is 15.3 Å². The number of aliphatic hydroxyl groups excluding tert-OH is 1. The van der Waals surface area contributed by atoms with Crippen LogP contribution in [-0.4, -0.2) is 27.7 Å². The molecule has 0 fully saturated rings. The lowest BCUT2D eigenvalue weighted by molar-refractivity contribution is -0.127. The Balaban J connectivity index is 0. The van der Waals surface area contributed by atoms with E-state index in [-0.39, 0.29) is 6.61 Å². The van der Waals surface area contributed by atoms with Crippen molar-refractivity contribution in [3.63, 3.8) is 0 Å². The first-order valence-corrected chi connectivity index (χ1v) is 6.44. The molecule has 0 saturated carbocycles. The maximum absolute atomic E-state index is 8.62. The fourth-order valence-corrected chi connectivity index (χ4v) is 1.16. The predicted octanol–water partition coefficient (Wildman–Crippen LogP) is 2.65. The molecule has 0 spiro atoms. The molecule has 3 heteroatoms. The Labute approximate surface area is 111 Å². The minimum absolute atomic E-state index is 0.286. The molecule has 0 unspecified atom stereocenters. The fraction of sp³-hybridized carbons (Fsp3) is 0.600. The van der Waals surface area contributed by atoms with E-state index in [1.807, 2.05) is 26.0 Å². The van der Waals surface area contributed by atoms with E-state index in [1.54, 1.807) is 0 Å².